The molecule has 4 nitrogen and oxygen atoms in total. The molecule has 4 rings (SSSR count). The number of carbonyl (C=O) groups excluding carboxylic acids is 1. The summed E-state index contributed by atoms with van der Waals surface area (Å²) in [5.41, 5.74) is 3.44. The number of rotatable bonds is 5. The van der Waals surface area contributed by atoms with E-state index in [2.05, 4.69) is 16.5 Å². The van der Waals surface area contributed by atoms with Crippen LogP contribution >= 0.6 is 0 Å². The van der Waals surface area contributed by atoms with Crippen LogP contribution in [0.15, 0.2) is 61.3 Å². The number of carbonyl (C=O) groups is 1. The topological polar surface area (TPSA) is 60.0 Å². The molecule has 0 bridgehead atoms. The molecular weight excluding hydrogens is 365 g/mol. The minimum absolute atomic E-state index is 0.124. The number of amidine groups is 1. The number of ketones is 1. The Hall–Kier alpha value is -3.21. The number of nitrogens with one attached hydrogen (secondary N) is 2. The summed E-state index contributed by atoms with van der Waals surface area (Å²) in [6.45, 7) is 5.22. The Morgan fingerprint density at radius 3 is 2.62 bits per heavy atom. The van der Waals surface area contributed by atoms with Crippen LogP contribution in [-0.4, -0.2) is 34.6 Å². The van der Waals surface area contributed by atoms with Crippen molar-refractivity contribution in [2.75, 3.05) is 13.1 Å². The van der Waals surface area contributed by atoms with Crippen molar-refractivity contribution in [3.8, 4) is 0 Å². The molecule has 1 aliphatic heterocycles. The maximum absolute atomic E-state index is 13.1. The predicted molar refractivity (Wildman–Crippen MR) is 114 cm³/mol. The number of halogens is 1. The Balaban J connectivity index is 1.43. The lowest BCUT2D eigenvalue weighted by molar-refractivity contribution is 0.104. The number of fused-ring (bicyclic) bond motifs is 1. The zero-order valence-corrected chi connectivity index (χ0v) is 16.2. The minimum Gasteiger partial charge on any atom is -0.360 e. The van der Waals surface area contributed by atoms with Gasteiger partial charge >= 0.3 is 0 Å². The summed E-state index contributed by atoms with van der Waals surface area (Å²) in [5, 5.41) is 9.48. The van der Waals surface area contributed by atoms with Crippen molar-refractivity contribution < 1.29 is 9.18 Å². The van der Waals surface area contributed by atoms with Crippen LogP contribution in [0.4, 0.5) is 4.39 Å². The first-order chi connectivity index (χ1) is 14.0. The van der Waals surface area contributed by atoms with Gasteiger partial charge in [-0.3, -0.25) is 10.2 Å². The second-order valence-corrected chi connectivity index (χ2v) is 7.64. The van der Waals surface area contributed by atoms with E-state index < -0.39 is 0 Å². The van der Waals surface area contributed by atoms with Gasteiger partial charge in [-0.1, -0.05) is 18.7 Å². The maximum Gasteiger partial charge on any atom is 0.187 e. The number of benzene rings is 2. The number of aromatic amines is 1. The molecule has 3 aromatic rings. The largest absolute Gasteiger partial charge is 0.360 e. The summed E-state index contributed by atoms with van der Waals surface area (Å²) in [7, 11) is 0. The third-order valence-electron chi connectivity index (χ3n) is 5.77. The lowest BCUT2D eigenvalue weighted by Crippen LogP contribution is -2.38. The molecule has 1 fully saturated rings. The average Bonchev–Trinajstić information content (AvgIpc) is 3.18. The van der Waals surface area contributed by atoms with E-state index in [1.54, 1.807) is 6.20 Å². The zero-order chi connectivity index (χ0) is 20.4. The molecule has 29 heavy (non-hydrogen) atoms. The first-order valence-corrected chi connectivity index (χ1v) is 9.91. The first-order valence-electron chi connectivity index (χ1n) is 9.91. The van der Waals surface area contributed by atoms with Crippen LogP contribution in [-0.2, 0) is 6.42 Å². The molecule has 148 valence electrons. The van der Waals surface area contributed by atoms with Crippen molar-refractivity contribution in [1.82, 2.24) is 9.88 Å². The highest BCUT2D eigenvalue weighted by atomic mass is 19.1. The third kappa shape index (κ3) is 3.99. The molecule has 0 amide bonds. The van der Waals surface area contributed by atoms with Gasteiger partial charge in [0.1, 0.15) is 11.7 Å². The van der Waals surface area contributed by atoms with Gasteiger partial charge in [-0.2, -0.15) is 0 Å². The van der Waals surface area contributed by atoms with Crippen molar-refractivity contribution >= 4 is 22.5 Å². The van der Waals surface area contributed by atoms with Gasteiger partial charge < -0.3 is 9.88 Å². The van der Waals surface area contributed by atoms with E-state index in [4.69, 9.17) is 5.41 Å². The molecule has 0 radical (unpaired) electrons. The Morgan fingerprint density at radius 1 is 1.21 bits per heavy atom. The quantitative estimate of drug-likeness (QED) is 0.281. The lowest BCUT2D eigenvalue weighted by atomic mass is 9.90. The summed E-state index contributed by atoms with van der Waals surface area (Å²) in [6, 6.07) is 12.5. The van der Waals surface area contributed by atoms with Gasteiger partial charge in [-0.05, 0) is 67.2 Å². The van der Waals surface area contributed by atoms with Gasteiger partial charge in [0, 0.05) is 41.3 Å². The van der Waals surface area contributed by atoms with Crippen molar-refractivity contribution in [2.24, 2.45) is 5.92 Å². The van der Waals surface area contributed by atoms with Crippen LogP contribution in [0.1, 0.15) is 34.3 Å². The van der Waals surface area contributed by atoms with Crippen molar-refractivity contribution in [3.05, 3.63) is 83.8 Å². The standard InChI is InChI=1S/C24H24FN3O/c1-2-23(29)21-15-27-22-8-5-18(14-20(21)22)24(26)28-11-9-17(10-12-28)13-16-3-6-19(25)7-4-16/h2-8,14-15,17,26-27H,1,9-13H2. The molecule has 2 N–H and O–H groups in total. The molecule has 0 saturated carbocycles. The molecule has 1 saturated heterocycles. The molecule has 0 atom stereocenters. The summed E-state index contributed by atoms with van der Waals surface area (Å²) in [6.07, 6.45) is 5.97. The van der Waals surface area contributed by atoms with E-state index in [0.717, 1.165) is 54.4 Å². The number of likely N-dealkylation sites (tertiary alicyclic amines) is 1. The normalized spacial score (nSPS) is 14.9. The number of nitrogens with zero attached hydrogens (tertiary/aromatic N) is 1. The fourth-order valence-electron chi connectivity index (χ4n) is 4.08. The highest BCUT2D eigenvalue weighted by Crippen LogP contribution is 2.25. The number of piperidine rings is 1. The smallest absolute Gasteiger partial charge is 0.187 e. The molecule has 1 aromatic heterocycles. The Labute approximate surface area is 169 Å². The molecule has 1 aliphatic rings. The Bertz CT molecular complexity index is 1060. The monoisotopic (exact) mass is 389 g/mol. The lowest BCUT2D eigenvalue weighted by Gasteiger charge is -2.34. The molecule has 0 spiro atoms. The average molecular weight is 389 g/mol. The third-order valence-corrected chi connectivity index (χ3v) is 5.77. The van der Waals surface area contributed by atoms with E-state index in [0.29, 0.717) is 17.3 Å². The van der Waals surface area contributed by atoms with Crippen LogP contribution in [0.3, 0.4) is 0 Å². The van der Waals surface area contributed by atoms with Crippen molar-refractivity contribution in [1.29, 1.82) is 5.41 Å². The van der Waals surface area contributed by atoms with E-state index in [1.807, 2.05) is 30.3 Å². The van der Waals surface area contributed by atoms with Crippen LogP contribution < -0.4 is 0 Å². The predicted octanol–water partition coefficient (Wildman–Crippen LogP) is 4.96. The molecule has 2 aromatic carbocycles. The summed E-state index contributed by atoms with van der Waals surface area (Å²) in [5.74, 6) is 0.717. The van der Waals surface area contributed by atoms with E-state index in [1.165, 1.54) is 18.2 Å². The van der Waals surface area contributed by atoms with Gasteiger partial charge in [0.05, 0.1) is 0 Å². The number of aromatic nitrogens is 1. The van der Waals surface area contributed by atoms with Gasteiger partial charge in [-0.25, -0.2) is 4.39 Å². The van der Waals surface area contributed by atoms with Crippen LogP contribution in [0.25, 0.3) is 10.9 Å². The zero-order valence-electron chi connectivity index (χ0n) is 16.2. The fourth-order valence-corrected chi connectivity index (χ4v) is 4.08. The van der Waals surface area contributed by atoms with Gasteiger partial charge in [-0.15, -0.1) is 0 Å². The first kappa shape index (κ1) is 19.1. The highest BCUT2D eigenvalue weighted by Gasteiger charge is 2.22. The Kier molecular flexibility index (Phi) is 5.30. The second-order valence-electron chi connectivity index (χ2n) is 7.64. The Morgan fingerprint density at radius 2 is 1.93 bits per heavy atom. The highest BCUT2D eigenvalue weighted by molar-refractivity contribution is 6.14. The number of hydrogen-bond donors (Lipinski definition) is 2. The van der Waals surface area contributed by atoms with E-state index in [9.17, 15) is 9.18 Å². The summed E-state index contributed by atoms with van der Waals surface area (Å²) in [4.78, 5) is 17.3. The fraction of sp³-hybridized carbons (Fsp3) is 0.250. The maximum atomic E-state index is 13.1. The van der Waals surface area contributed by atoms with Crippen LogP contribution in [0.5, 0.6) is 0 Å². The second kappa shape index (κ2) is 8.03. The van der Waals surface area contributed by atoms with E-state index in [-0.39, 0.29) is 11.6 Å². The minimum atomic E-state index is -0.200. The number of hydrogen-bond acceptors (Lipinski definition) is 2. The summed E-state index contributed by atoms with van der Waals surface area (Å²) < 4.78 is 13.1. The molecule has 0 aliphatic carbocycles. The number of H-pyrrole nitrogens is 1. The summed E-state index contributed by atoms with van der Waals surface area (Å²) >= 11 is 0. The molecular formula is C24H24FN3O. The number of allylic oxidation sites excluding steroid dienone is 1. The molecule has 5 heteroatoms. The van der Waals surface area contributed by atoms with E-state index >= 15 is 0 Å². The van der Waals surface area contributed by atoms with Gasteiger partial charge in [0.2, 0.25) is 0 Å². The molecule has 2 heterocycles. The molecule has 0 unspecified atom stereocenters. The van der Waals surface area contributed by atoms with Gasteiger partial charge in [0.15, 0.2) is 5.78 Å². The van der Waals surface area contributed by atoms with Crippen LogP contribution in [0.2, 0.25) is 0 Å². The van der Waals surface area contributed by atoms with Crippen LogP contribution in [0, 0.1) is 17.1 Å². The van der Waals surface area contributed by atoms with Crippen molar-refractivity contribution in [2.45, 2.75) is 19.3 Å². The van der Waals surface area contributed by atoms with Gasteiger partial charge in [0.25, 0.3) is 0 Å². The van der Waals surface area contributed by atoms with Crippen molar-refractivity contribution in [3.63, 3.8) is 0 Å². The SMILES string of the molecule is C=CC(=O)c1c[nH]c2ccc(C(=N)N3CCC(Cc4ccc(F)cc4)CC3)cc12.